The number of hydrogen-bond acceptors (Lipinski definition) is 6. The number of benzene rings is 3. The summed E-state index contributed by atoms with van der Waals surface area (Å²) in [6.07, 6.45) is -0.717. The first kappa shape index (κ1) is 24.5. The highest BCUT2D eigenvalue weighted by atomic mass is 16.6. The van der Waals surface area contributed by atoms with Gasteiger partial charge in [0.15, 0.2) is 0 Å². The molecule has 3 aromatic rings. The SMILES string of the molecule is CC(C)(C)OC(=O)Nc1cc(C(=O)OCc2ccccc2)cc(C(=O)OCc2ccccc2)c1. The number of anilines is 1. The highest BCUT2D eigenvalue weighted by Gasteiger charge is 2.19. The summed E-state index contributed by atoms with van der Waals surface area (Å²) in [6, 6.07) is 22.7. The number of carbonyl (C=O) groups excluding carboxylic acids is 3. The number of carbonyl (C=O) groups is 3. The predicted octanol–water partition coefficient (Wildman–Crippen LogP) is 5.75. The standard InChI is InChI=1S/C27H27NO6/c1-27(2,3)34-26(31)28-23-15-21(24(29)32-17-19-10-6-4-7-11-19)14-22(16-23)25(30)33-18-20-12-8-5-9-13-20/h4-16H,17-18H2,1-3H3,(H,28,31). The number of nitrogens with one attached hydrogen (secondary N) is 1. The Morgan fingerprint density at radius 1 is 0.706 bits per heavy atom. The molecule has 0 fully saturated rings. The van der Waals surface area contributed by atoms with Gasteiger partial charge in [-0.15, -0.1) is 0 Å². The first-order valence-corrected chi connectivity index (χ1v) is 10.8. The van der Waals surface area contributed by atoms with Gasteiger partial charge in [0, 0.05) is 5.69 Å². The number of esters is 2. The van der Waals surface area contributed by atoms with E-state index in [0.29, 0.717) is 0 Å². The molecule has 0 aliphatic carbocycles. The Bertz CT molecular complexity index is 1060. The van der Waals surface area contributed by atoms with Crippen LogP contribution in [0.2, 0.25) is 0 Å². The highest BCUT2D eigenvalue weighted by Crippen LogP contribution is 2.20. The minimum absolute atomic E-state index is 0.0666. The number of hydrogen-bond donors (Lipinski definition) is 1. The summed E-state index contributed by atoms with van der Waals surface area (Å²) >= 11 is 0. The molecule has 0 unspecified atom stereocenters. The van der Waals surface area contributed by atoms with Crippen molar-refractivity contribution in [3.63, 3.8) is 0 Å². The quantitative estimate of drug-likeness (QED) is 0.356. The minimum atomic E-state index is -0.717. The van der Waals surface area contributed by atoms with Gasteiger partial charge in [-0.05, 0) is 50.1 Å². The van der Waals surface area contributed by atoms with Crippen molar-refractivity contribution in [3.8, 4) is 0 Å². The fourth-order valence-corrected chi connectivity index (χ4v) is 2.97. The second-order valence-corrected chi connectivity index (χ2v) is 8.55. The lowest BCUT2D eigenvalue weighted by molar-refractivity contribution is 0.0468. The molecule has 0 saturated carbocycles. The summed E-state index contributed by atoms with van der Waals surface area (Å²) in [5.41, 5.74) is 1.32. The van der Waals surface area contributed by atoms with Gasteiger partial charge in [-0.25, -0.2) is 14.4 Å². The van der Waals surface area contributed by atoms with Crippen molar-refractivity contribution in [1.29, 1.82) is 0 Å². The van der Waals surface area contributed by atoms with E-state index in [1.165, 1.54) is 18.2 Å². The molecule has 3 rings (SSSR count). The molecule has 0 heterocycles. The number of rotatable bonds is 7. The molecule has 0 spiro atoms. The van der Waals surface area contributed by atoms with Crippen LogP contribution in [0, 0.1) is 0 Å². The first-order valence-electron chi connectivity index (χ1n) is 10.8. The second kappa shape index (κ2) is 11.1. The zero-order valence-corrected chi connectivity index (χ0v) is 19.4. The number of ether oxygens (including phenoxy) is 3. The Hall–Kier alpha value is -4.13. The molecule has 0 radical (unpaired) electrons. The molecule has 1 amide bonds. The molecule has 7 heteroatoms. The summed E-state index contributed by atoms with van der Waals surface area (Å²) in [7, 11) is 0. The van der Waals surface area contributed by atoms with Crippen molar-refractivity contribution < 1.29 is 28.6 Å². The molecule has 0 aliphatic heterocycles. The molecule has 0 atom stereocenters. The van der Waals surface area contributed by atoms with E-state index in [-0.39, 0.29) is 30.0 Å². The van der Waals surface area contributed by atoms with E-state index in [2.05, 4.69) is 5.32 Å². The summed E-state index contributed by atoms with van der Waals surface area (Å²) in [4.78, 5) is 37.7. The van der Waals surface area contributed by atoms with E-state index in [4.69, 9.17) is 14.2 Å². The minimum Gasteiger partial charge on any atom is -0.457 e. The van der Waals surface area contributed by atoms with Crippen molar-refractivity contribution >= 4 is 23.7 Å². The highest BCUT2D eigenvalue weighted by molar-refractivity contribution is 5.98. The fourth-order valence-electron chi connectivity index (χ4n) is 2.97. The van der Waals surface area contributed by atoms with Gasteiger partial charge in [0.25, 0.3) is 0 Å². The monoisotopic (exact) mass is 461 g/mol. The van der Waals surface area contributed by atoms with Gasteiger partial charge in [-0.2, -0.15) is 0 Å². The van der Waals surface area contributed by atoms with Crippen molar-refractivity contribution in [2.24, 2.45) is 0 Å². The lowest BCUT2D eigenvalue weighted by atomic mass is 10.1. The van der Waals surface area contributed by atoms with Gasteiger partial charge >= 0.3 is 18.0 Å². The van der Waals surface area contributed by atoms with Crippen LogP contribution in [0.3, 0.4) is 0 Å². The Morgan fingerprint density at radius 3 is 1.56 bits per heavy atom. The zero-order valence-electron chi connectivity index (χ0n) is 19.4. The van der Waals surface area contributed by atoms with Crippen LogP contribution in [0.1, 0.15) is 52.6 Å². The Morgan fingerprint density at radius 2 is 1.15 bits per heavy atom. The third-order valence-electron chi connectivity index (χ3n) is 4.48. The van der Waals surface area contributed by atoms with Crippen LogP contribution < -0.4 is 5.32 Å². The van der Waals surface area contributed by atoms with Crippen LogP contribution in [-0.2, 0) is 27.4 Å². The van der Waals surface area contributed by atoms with E-state index in [9.17, 15) is 14.4 Å². The Balaban J connectivity index is 1.79. The van der Waals surface area contributed by atoms with E-state index >= 15 is 0 Å². The lowest BCUT2D eigenvalue weighted by Gasteiger charge is -2.20. The molecule has 0 aliphatic rings. The summed E-state index contributed by atoms with van der Waals surface area (Å²) in [5, 5.41) is 2.56. The van der Waals surface area contributed by atoms with Crippen molar-refractivity contribution in [1.82, 2.24) is 0 Å². The molecule has 0 aromatic heterocycles. The van der Waals surface area contributed by atoms with E-state index in [1.54, 1.807) is 20.8 Å². The first-order chi connectivity index (χ1) is 16.2. The maximum atomic E-state index is 12.7. The van der Waals surface area contributed by atoms with Crippen LogP contribution in [-0.4, -0.2) is 23.6 Å². The van der Waals surface area contributed by atoms with Crippen molar-refractivity contribution in [2.45, 2.75) is 39.6 Å². The summed E-state index contributed by atoms with van der Waals surface area (Å²) in [5.74, 6) is -1.29. The van der Waals surface area contributed by atoms with E-state index in [0.717, 1.165) is 11.1 Å². The molecule has 7 nitrogen and oxygen atoms in total. The van der Waals surface area contributed by atoms with Crippen molar-refractivity contribution in [3.05, 3.63) is 101 Å². The second-order valence-electron chi connectivity index (χ2n) is 8.55. The molecule has 176 valence electrons. The molecule has 0 bridgehead atoms. The topological polar surface area (TPSA) is 90.9 Å². The molecular weight excluding hydrogens is 434 g/mol. The largest absolute Gasteiger partial charge is 0.457 e. The third-order valence-corrected chi connectivity index (χ3v) is 4.48. The number of amides is 1. The molecule has 0 saturated heterocycles. The smallest absolute Gasteiger partial charge is 0.412 e. The summed E-state index contributed by atoms with van der Waals surface area (Å²) < 4.78 is 16.0. The van der Waals surface area contributed by atoms with Crippen LogP contribution in [0.5, 0.6) is 0 Å². The fraction of sp³-hybridized carbons (Fsp3) is 0.222. The van der Waals surface area contributed by atoms with Crippen LogP contribution in [0.15, 0.2) is 78.9 Å². The van der Waals surface area contributed by atoms with Gasteiger partial charge < -0.3 is 14.2 Å². The van der Waals surface area contributed by atoms with Gasteiger partial charge in [0.2, 0.25) is 0 Å². The van der Waals surface area contributed by atoms with Gasteiger partial charge in [-0.1, -0.05) is 60.7 Å². The maximum absolute atomic E-state index is 12.7. The average molecular weight is 462 g/mol. The van der Waals surface area contributed by atoms with Crippen LogP contribution in [0.25, 0.3) is 0 Å². The normalized spacial score (nSPS) is 10.8. The maximum Gasteiger partial charge on any atom is 0.412 e. The van der Waals surface area contributed by atoms with Crippen LogP contribution >= 0.6 is 0 Å². The summed E-state index contributed by atoms with van der Waals surface area (Å²) in [6.45, 7) is 5.33. The Labute approximate surface area is 198 Å². The van der Waals surface area contributed by atoms with Gasteiger partial charge in [-0.3, -0.25) is 5.32 Å². The van der Waals surface area contributed by atoms with E-state index in [1.807, 2.05) is 60.7 Å². The zero-order chi connectivity index (χ0) is 24.6. The van der Waals surface area contributed by atoms with Crippen molar-refractivity contribution in [2.75, 3.05) is 5.32 Å². The average Bonchev–Trinajstić information content (AvgIpc) is 2.80. The third kappa shape index (κ3) is 7.78. The molecule has 34 heavy (non-hydrogen) atoms. The lowest BCUT2D eigenvalue weighted by Crippen LogP contribution is -2.27. The Kier molecular flexibility index (Phi) is 8.03. The molecule has 3 aromatic carbocycles. The molecular formula is C27H27NO6. The van der Waals surface area contributed by atoms with Gasteiger partial charge in [0.1, 0.15) is 18.8 Å². The van der Waals surface area contributed by atoms with E-state index < -0.39 is 23.6 Å². The van der Waals surface area contributed by atoms with Gasteiger partial charge in [0.05, 0.1) is 11.1 Å². The molecule has 1 N–H and O–H groups in total. The van der Waals surface area contributed by atoms with Crippen LogP contribution in [0.4, 0.5) is 10.5 Å². The predicted molar refractivity (Wildman–Crippen MR) is 127 cm³/mol.